The van der Waals surface area contributed by atoms with E-state index in [1.54, 1.807) is 12.1 Å². The molecule has 0 bridgehead atoms. The van der Waals surface area contributed by atoms with Gasteiger partial charge in [-0.2, -0.15) is 5.10 Å². The Morgan fingerprint density at radius 2 is 1.66 bits per heavy atom. The lowest BCUT2D eigenvalue weighted by Crippen LogP contribution is -2.42. The highest BCUT2D eigenvalue weighted by atomic mass is 35.5. The van der Waals surface area contributed by atoms with E-state index in [0.29, 0.717) is 33.1 Å². The van der Waals surface area contributed by atoms with Crippen LogP contribution in [0.5, 0.6) is 0 Å². The summed E-state index contributed by atoms with van der Waals surface area (Å²) in [5.74, 6) is -0.291. The van der Waals surface area contributed by atoms with Crippen LogP contribution in [0, 0.1) is 5.92 Å². The number of benzene rings is 2. The Hall–Kier alpha value is -1.79. The molecule has 2 aromatic carbocycles. The average molecular weight is 494 g/mol. The van der Waals surface area contributed by atoms with Crippen LogP contribution in [0.2, 0.25) is 15.1 Å². The first-order valence-electron chi connectivity index (χ1n) is 11.0. The number of nitrogens with zero attached hydrogens (tertiary/aromatic N) is 3. The van der Waals surface area contributed by atoms with E-state index in [9.17, 15) is 4.79 Å². The molecule has 0 aromatic heterocycles. The molecule has 0 saturated carbocycles. The van der Waals surface area contributed by atoms with Gasteiger partial charge in [0, 0.05) is 16.0 Å². The van der Waals surface area contributed by atoms with Gasteiger partial charge in [-0.15, -0.1) is 0 Å². The number of halogens is 3. The van der Waals surface area contributed by atoms with Gasteiger partial charge >= 0.3 is 0 Å². The number of nitrogens with one attached hydrogen (secondary N) is 1. The number of hydrazone groups is 1. The van der Waals surface area contributed by atoms with Gasteiger partial charge in [-0.3, -0.25) is 14.7 Å². The third kappa shape index (κ3) is 5.23. The van der Waals surface area contributed by atoms with Crippen molar-refractivity contribution in [2.24, 2.45) is 11.0 Å². The van der Waals surface area contributed by atoms with Crippen LogP contribution in [0.25, 0.3) is 0 Å². The number of carbonyl (C=O) groups is 1. The summed E-state index contributed by atoms with van der Waals surface area (Å²) in [6, 6.07) is 12.7. The summed E-state index contributed by atoms with van der Waals surface area (Å²) in [5, 5.41) is 11.4. The van der Waals surface area contributed by atoms with Gasteiger partial charge in [0.05, 0.1) is 23.4 Å². The zero-order valence-corrected chi connectivity index (χ0v) is 20.3. The van der Waals surface area contributed by atoms with Crippen LogP contribution in [-0.2, 0) is 4.79 Å². The lowest BCUT2D eigenvalue weighted by Gasteiger charge is -2.27. The molecule has 2 heterocycles. The van der Waals surface area contributed by atoms with Crippen molar-refractivity contribution in [1.29, 1.82) is 0 Å². The number of anilines is 1. The van der Waals surface area contributed by atoms with Crippen LogP contribution in [-0.4, -0.2) is 36.3 Å². The molecule has 1 amide bonds. The zero-order valence-electron chi connectivity index (χ0n) is 18.0. The molecule has 2 unspecified atom stereocenters. The third-order valence-corrected chi connectivity index (χ3v) is 6.94. The zero-order chi connectivity index (χ0) is 22.7. The number of likely N-dealkylation sites (tertiary alicyclic amines) is 1. The molecular weight excluding hydrogens is 467 g/mol. The van der Waals surface area contributed by atoms with Gasteiger partial charge in [-0.1, -0.05) is 66.7 Å². The van der Waals surface area contributed by atoms with E-state index >= 15 is 0 Å². The van der Waals surface area contributed by atoms with Gasteiger partial charge in [-0.25, -0.2) is 0 Å². The molecule has 2 aliphatic heterocycles. The average Bonchev–Trinajstić information content (AvgIpc) is 2.93. The molecular formula is C24H27Cl3N4O. The monoisotopic (exact) mass is 492 g/mol. The van der Waals surface area contributed by atoms with Gasteiger partial charge in [0.25, 0.3) is 5.91 Å². The highest BCUT2D eigenvalue weighted by Gasteiger charge is 2.40. The van der Waals surface area contributed by atoms with Crippen molar-refractivity contribution >= 4 is 52.1 Å². The lowest BCUT2D eigenvalue weighted by molar-refractivity contribution is -0.115. The van der Waals surface area contributed by atoms with E-state index in [-0.39, 0.29) is 17.9 Å². The van der Waals surface area contributed by atoms with Gasteiger partial charge < -0.3 is 5.32 Å². The summed E-state index contributed by atoms with van der Waals surface area (Å²) in [7, 11) is 0. The Balaban J connectivity index is 1.60. The summed E-state index contributed by atoms with van der Waals surface area (Å²) in [5.41, 5.74) is 2.20. The molecule has 8 heteroatoms. The highest BCUT2D eigenvalue weighted by Crippen LogP contribution is 2.42. The topological polar surface area (TPSA) is 47.9 Å². The second-order valence-electron chi connectivity index (χ2n) is 8.41. The molecule has 4 rings (SSSR count). The highest BCUT2D eigenvalue weighted by molar-refractivity contribution is 6.41. The molecule has 2 aromatic rings. The Labute approximate surface area is 204 Å². The smallest absolute Gasteiger partial charge is 0.268 e. The second-order valence-corrected chi connectivity index (χ2v) is 9.69. The molecule has 1 N–H and O–H groups in total. The predicted molar refractivity (Wildman–Crippen MR) is 133 cm³/mol. The summed E-state index contributed by atoms with van der Waals surface area (Å²) in [6.07, 6.45) is 4.87. The Bertz CT molecular complexity index is 987. The Morgan fingerprint density at radius 1 is 1.00 bits per heavy atom. The van der Waals surface area contributed by atoms with Gasteiger partial charge in [-0.05, 0) is 61.8 Å². The number of hydrogen-bond donors (Lipinski definition) is 1. The Morgan fingerprint density at radius 3 is 2.31 bits per heavy atom. The van der Waals surface area contributed by atoms with E-state index in [2.05, 4.69) is 10.2 Å². The number of rotatable bonds is 5. The second kappa shape index (κ2) is 10.4. The largest absolute Gasteiger partial charge is 0.338 e. The molecule has 0 radical (unpaired) electrons. The quantitative estimate of drug-likeness (QED) is 0.543. The summed E-state index contributed by atoms with van der Waals surface area (Å²) >= 11 is 18.7. The fourth-order valence-electron chi connectivity index (χ4n) is 4.41. The fraction of sp³-hybridized carbons (Fsp3) is 0.417. The third-order valence-electron chi connectivity index (χ3n) is 6.15. The van der Waals surface area contributed by atoms with Crippen molar-refractivity contribution in [3.05, 3.63) is 63.1 Å². The maximum Gasteiger partial charge on any atom is 0.268 e. The fourth-order valence-corrected chi connectivity index (χ4v) is 5.03. The summed E-state index contributed by atoms with van der Waals surface area (Å²) < 4.78 is 0. The molecule has 2 aliphatic rings. The first kappa shape index (κ1) is 23.4. The molecule has 0 spiro atoms. The van der Waals surface area contributed by atoms with E-state index in [1.807, 2.05) is 42.3 Å². The van der Waals surface area contributed by atoms with E-state index < -0.39 is 0 Å². The van der Waals surface area contributed by atoms with Gasteiger partial charge in [0.1, 0.15) is 5.71 Å². The SMILES string of the molecule is CC1C(C(=O)NCN2CCCCCC2)=NN(c2ccc(Cl)cc2Cl)C1c1ccc(Cl)cc1. The minimum absolute atomic E-state index is 0.145. The summed E-state index contributed by atoms with van der Waals surface area (Å²) in [6.45, 7) is 4.59. The van der Waals surface area contributed by atoms with Crippen molar-refractivity contribution in [1.82, 2.24) is 10.2 Å². The molecule has 1 fully saturated rings. The minimum Gasteiger partial charge on any atom is -0.338 e. The van der Waals surface area contributed by atoms with Crippen molar-refractivity contribution in [2.75, 3.05) is 24.8 Å². The first-order chi connectivity index (χ1) is 15.4. The van der Waals surface area contributed by atoms with Gasteiger partial charge in [0.2, 0.25) is 0 Å². The van der Waals surface area contributed by atoms with Crippen LogP contribution in [0.1, 0.15) is 44.2 Å². The predicted octanol–water partition coefficient (Wildman–Crippen LogP) is 6.15. The maximum absolute atomic E-state index is 13.2. The molecule has 1 saturated heterocycles. The van der Waals surface area contributed by atoms with Gasteiger partial charge in [0.15, 0.2) is 0 Å². The van der Waals surface area contributed by atoms with Crippen molar-refractivity contribution < 1.29 is 4.79 Å². The number of carbonyl (C=O) groups excluding carboxylic acids is 1. The number of amides is 1. The minimum atomic E-state index is -0.190. The van der Waals surface area contributed by atoms with E-state index in [1.165, 1.54) is 25.7 Å². The van der Waals surface area contributed by atoms with E-state index in [0.717, 1.165) is 18.7 Å². The first-order valence-corrected chi connectivity index (χ1v) is 12.2. The molecule has 5 nitrogen and oxygen atoms in total. The van der Waals surface area contributed by atoms with Crippen LogP contribution < -0.4 is 10.3 Å². The molecule has 32 heavy (non-hydrogen) atoms. The molecule has 2 atom stereocenters. The van der Waals surface area contributed by atoms with Crippen molar-refractivity contribution in [3.8, 4) is 0 Å². The molecule has 0 aliphatic carbocycles. The summed E-state index contributed by atoms with van der Waals surface area (Å²) in [4.78, 5) is 15.5. The van der Waals surface area contributed by atoms with Crippen LogP contribution in [0.3, 0.4) is 0 Å². The van der Waals surface area contributed by atoms with Crippen LogP contribution >= 0.6 is 34.8 Å². The Kier molecular flexibility index (Phi) is 7.62. The van der Waals surface area contributed by atoms with Crippen LogP contribution in [0.15, 0.2) is 47.6 Å². The normalized spacial score (nSPS) is 21.9. The van der Waals surface area contributed by atoms with Crippen molar-refractivity contribution in [3.63, 3.8) is 0 Å². The number of hydrogen-bond acceptors (Lipinski definition) is 4. The molecule has 170 valence electrons. The van der Waals surface area contributed by atoms with Crippen molar-refractivity contribution in [2.45, 2.75) is 38.6 Å². The lowest BCUT2D eigenvalue weighted by atomic mass is 9.91. The standard InChI is InChI=1S/C24H27Cl3N4O/c1-16-22(24(32)28-15-30-12-4-2-3-5-13-30)29-31(21-11-10-19(26)14-20(21)27)23(16)17-6-8-18(25)9-7-17/h6-11,14,16,23H,2-5,12-13,15H2,1H3,(H,28,32). The van der Waals surface area contributed by atoms with Crippen LogP contribution in [0.4, 0.5) is 5.69 Å². The van der Waals surface area contributed by atoms with E-state index in [4.69, 9.17) is 39.9 Å². The maximum atomic E-state index is 13.2.